The second kappa shape index (κ2) is 9.11. The highest BCUT2D eigenvalue weighted by Gasteiger charge is 2.90. The van der Waals surface area contributed by atoms with Crippen LogP contribution in [0.15, 0.2) is 0 Å². The highest BCUT2D eigenvalue weighted by molar-refractivity contribution is 7.48. The van der Waals surface area contributed by atoms with Gasteiger partial charge in [-0.15, -0.1) is 0 Å². The summed E-state index contributed by atoms with van der Waals surface area (Å²) in [5.41, 5.74) is 0. The lowest BCUT2D eigenvalue weighted by molar-refractivity contribution is -0.441. The average Bonchev–Trinajstić information content (AvgIpc) is 2.41. The second-order valence-electron chi connectivity index (χ2n) is 5.62. The molecule has 0 fully saturated rings. The number of hydrogen-bond acceptors (Lipinski definition) is 3. The summed E-state index contributed by atoms with van der Waals surface area (Å²) >= 11 is 0. The Hall–Kier alpha value is -0.980. The SMILES string of the molecule is O=P([O-])([O-])CCC(F)(F)CC(F)(F)C(F)(F)C(F)(F)C(F)(F)C(F)(F)C(F)(F)F.[NH4+].[NH4+]. The van der Waals surface area contributed by atoms with E-state index in [1.807, 2.05) is 0 Å². The van der Waals surface area contributed by atoms with Crippen LogP contribution in [0.5, 0.6) is 0 Å². The molecule has 21 heteroatoms. The summed E-state index contributed by atoms with van der Waals surface area (Å²) in [7, 11) is -5.87. The van der Waals surface area contributed by atoms with Crippen molar-refractivity contribution in [3.8, 4) is 0 Å². The minimum absolute atomic E-state index is 0. The van der Waals surface area contributed by atoms with Crippen molar-refractivity contribution in [2.45, 2.75) is 54.6 Å². The van der Waals surface area contributed by atoms with Crippen LogP contribution in [-0.4, -0.2) is 47.9 Å². The zero-order chi connectivity index (χ0) is 24.1. The van der Waals surface area contributed by atoms with Gasteiger partial charge in [-0.25, -0.2) is 8.78 Å². The molecule has 0 saturated carbocycles. The van der Waals surface area contributed by atoms with Gasteiger partial charge in [-0.1, -0.05) is 7.60 Å². The molecule has 0 unspecified atom stereocenters. The van der Waals surface area contributed by atoms with Gasteiger partial charge in [-0.05, 0) is 6.16 Å². The zero-order valence-electron chi connectivity index (χ0n) is 15.0. The summed E-state index contributed by atoms with van der Waals surface area (Å²) < 4.78 is 202. The summed E-state index contributed by atoms with van der Waals surface area (Å²) in [4.78, 5) is 20.3. The van der Waals surface area contributed by atoms with Gasteiger partial charge in [0, 0.05) is 6.42 Å². The third-order valence-corrected chi connectivity index (χ3v) is 4.00. The van der Waals surface area contributed by atoms with Gasteiger partial charge in [0.15, 0.2) is 0 Å². The quantitative estimate of drug-likeness (QED) is 0.330. The molecule has 0 aromatic rings. The Morgan fingerprint density at radius 2 is 0.903 bits per heavy atom. The molecule has 0 amide bonds. The summed E-state index contributed by atoms with van der Waals surface area (Å²) in [6.07, 6.45) is -16.2. The smallest absolute Gasteiger partial charge is 0.460 e. The number of quaternary nitrogens is 2. The standard InChI is InChI=1S/C10H8F15O3P.2H3N/c11-4(12,1-2-29(26,27)28)3-5(13,14)6(15,16)7(17,18)8(19,20)9(21,22)10(23,24)25;;/h1-3H2,(H2,26,27,28);2*1H3. The highest BCUT2D eigenvalue weighted by atomic mass is 31.2. The van der Waals surface area contributed by atoms with Gasteiger partial charge in [-0.3, -0.25) is 0 Å². The minimum atomic E-state index is -8.24. The van der Waals surface area contributed by atoms with E-state index >= 15 is 0 Å². The predicted molar refractivity (Wildman–Crippen MR) is 69.4 cm³/mol. The molecule has 0 bridgehead atoms. The first kappa shape index (κ1) is 34.6. The van der Waals surface area contributed by atoms with Gasteiger partial charge in [0.2, 0.25) is 0 Å². The van der Waals surface area contributed by atoms with Gasteiger partial charge in [0.25, 0.3) is 5.92 Å². The third-order valence-electron chi connectivity index (χ3n) is 3.23. The average molecular weight is 526 g/mol. The minimum Gasteiger partial charge on any atom is -0.811 e. The number of halogens is 15. The van der Waals surface area contributed by atoms with Crippen molar-refractivity contribution in [2.75, 3.05) is 6.16 Å². The molecular formula is C10H14F15N2O3P. The topological polar surface area (TPSA) is 136 Å². The Balaban J connectivity index is -0.00000392. The molecule has 0 spiro atoms. The lowest BCUT2D eigenvalue weighted by Crippen LogP contribution is -2.70. The van der Waals surface area contributed by atoms with E-state index in [9.17, 15) is 80.2 Å². The summed E-state index contributed by atoms with van der Waals surface area (Å²) in [5.74, 6) is -44.9. The predicted octanol–water partition coefficient (Wildman–Crippen LogP) is 4.81. The Morgan fingerprint density at radius 3 is 1.19 bits per heavy atom. The van der Waals surface area contributed by atoms with Crippen molar-refractivity contribution in [1.82, 2.24) is 12.3 Å². The highest BCUT2D eigenvalue weighted by Crippen LogP contribution is 2.61. The largest absolute Gasteiger partial charge is 0.811 e. The van der Waals surface area contributed by atoms with Crippen LogP contribution in [0.25, 0.3) is 0 Å². The molecule has 192 valence electrons. The third kappa shape index (κ3) is 6.52. The molecule has 0 radical (unpaired) electrons. The molecule has 0 heterocycles. The van der Waals surface area contributed by atoms with Crippen LogP contribution in [0, 0.1) is 0 Å². The summed E-state index contributed by atoms with van der Waals surface area (Å²) in [6.45, 7) is 0. The Labute approximate surface area is 162 Å². The van der Waals surface area contributed by atoms with Crippen molar-refractivity contribution < 1.29 is 80.2 Å². The van der Waals surface area contributed by atoms with Crippen LogP contribution in [0.3, 0.4) is 0 Å². The molecule has 0 saturated heterocycles. The molecule has 0 aliphatic carbocycles. The van der Waals surface area contributed by atoms with Crippen molar-refractivity contribution in [3.05, 3.63) is 0 Å². The van der Waals surface area contributed by atoms with Crippen molar-refractivity contribution in [3.63, 3.8) is 0 Å². The van der Waals surface area contributed by atoms with Crippen LogP contribution in [0.4, 0.5) is 65.9 Å². The Kier molecular flexibility index (Phi) is 10.2. The molecule has 0 aliphatic heterocycles. The van der Waals surface area contributed by atoms with Crippen LogP contribution < -0.4 is 22.1 Å². The maximum atomic E-state index is 13.2. The van der Waals surface area contributed by atoms with Gasteiger partial charge >= 0.3 is 35.8 Å². The molecule has 8 N–H and O–H groups in total. The first-order chi connectivity index (χ1) is 12.2. The van der Waals surface area contributed by atoms with Gasteiger partial charge < -0.3 is 26.7 Å². The van der Waals surface area contributed by atoms with Crippen molar-refractivity contribution in [1.29, 1.82) is 0 Å². The molecular weight excluding hydrogens is 512 g/mol. The van der Waals surface area contributed by atoms with Crippen LogP contribution in [0.1, 0.15) is 12.8 Å². The maximum absolute atomic E-state index is 13.2. The summed E-state index contributed by atoms with van der Waals surface area (Å²) in [5, 5.41) is 0. The lowest BCUT2D eigenvalue weighted by Gasteiger charge is -2.40. The molecule has 0 atom stereocenters. The molecule has 31 heavy (non-hydrogen) atoms. The molecule has 0 rings (SSSR count). The summed E-state index contributed by atoms with van der Waals surface area (Å²) in [6, 6.07) is 0. The number of alkyl halides is 15. The van der Waals surface area contributed by atoms with E-state index in [2.05, 4.69) is 0 Å². The number of rotatable bonds is 9. The lowest BCUT2D eigenvalue weighted by atomic mass is 9.91. The Morgan fingerprint density at radius 1 is 0.581 bits per heavy atom. The first-order valence-electron chi connectivity index (χ1n) is 6.51. The Bertz CT molecular complexity index is 645. The van der Waals surface area contributed by atoms with Gasteiger partial charge in [0.1, 0.15) is 0 Å². The fraction of sp³-hybridized carbons (Fsp3) is 1.00. The van der Waals surface area contributed by atoms with Crippen LogP contribution in [-0.2, 0) is 4.57 Å². The van der Waals surface area contributed by atoms with Gasteiger partial charge in [-0.2, -0.15) is 57.1 Å². The van der Waals surface area contributed by atoms with E-state index in [0.29, 0.717) is 0 Å². The van der Waals surface area contributed by atoms with Crippen LogP contribution in [0.2, 0.25) is 0 Å². The fourth-order valence-electron chi connectivity index (χ4n) is 1.63. The van der Waals surface area contributed by atoms with Crippen molar-refractivity contribution >= 4 is 7.60 Å². The van der Waals surface area contributed by atoms with E-state index in [4.69, 9.17) is 0 Å². The maximum Gasteiger partial charge on any atom is 0.460 e. The molecule has 0 aliphatic rings. The molecule has 0 aromatic carbocycles. The van der Waals surface area contributed by atoms with E-state index in [0.717, 1.165) is 0 Å². The van der Waals surface area contributed by atoms with E-state index in [1.165, 1.54) is 0 Å². The van der Waals surface area contributed by atoms with Crippen molar-refractivity contribution in [2.24, 2.45) is 0 Å². The normalized spacial score (nSPS) is 15.3. The molecule has 0 aromatic heterocycles. The van der Waals surface area contributed by atoms with E-state index in [-0.39, 0.29) is 12.3 Å². The van der Waals surface area contributed by atoms with Crippen LogP contribution >= 0.6 is 7.60 Å². The molecule has 5 nitrogen and oxygen atoms in total. The number of hydrogen-bond donors (Lipinski definition) is 2. The first-order valence-corrected chi connectivity index (χ1v) is 8.24. The van der Waals surface area contributed by atoms with E-state index < -0.39 is 68.3 Å². The zero-order valence-corrected chi connectivity index (χ0v) is 15.9. The fourth-order valence-corrected chi connectivity index (χ4v) is 2.23. The second-order valence-corrected chi connectivity index (χ2v) is 7.29. The monoisotopic (exact) mass is 526 g/mol. The van der Waals surface area contributed by atoms with Gasteiger partial charge in [0.05, 0.1) is 6.42 Å². The van der Waals surface area contributed by atoms with E-state index in [1.54, 1.807) is 0 Å².